The number of ether oxygens (including phenoxy) is 1. The van der Waals surface area contributed by atoms with Crippen molar-refractivity contribution >= 4 is 52.0 Å². The van der Waals surface area contributed by atoms with Crippen LogP contribution >= 0.6 is 23.2 Å². The van der Waals surface area contributed by atoms with E-state index in [0.717, 1.165) is 22.2 Å². The van der Waals surface area contributed by atoms with Crippen LogP contribution in [0.25, 0.3) is 28.6 Å². The third kappa shape index (κ3) is 4.74. The Morgan fingerprint density at radius 3 is 2.77 bits per heavy atom. The molecule has 0 atom stereocenters. The molecule has 3 aromatic carbocycles. The SMILES string of the molecule is COc1c(Cl)cc(Cl)cc1C=CC(=O)Nc1cccc(-c2nc3ccc(C)cc3o2)c1. The molecule has 1 heterocycles. The first-order valence-electron chi connectivity index (χ1n) is 9.42. The van der Waals surface area contributed by atoms with E-state index in [4.69, 9.17) is 32.4 Å². The van der Waals surface area contributed by atoms with Gasteiger partial charge in [-0.1, -0.05) is 35.3 Å². The Morgan fingerprint density at radius 1 is 1.13 bits per heavy atom. The highest BCUT2D eigenvalue weighted by atomic mass is 35.5. The molecule has 0 radical (unpaired) electrons. The van der Waals surface area contributed by atoms with E-state index in [1.54, 1.807) is 30.3 Å². The zero-order valence-electron chi connectivity index (χ0n) is 16.8. The number of aryl methyl sites for hydroxylation is 1. The van der Waals surface area contributed by atoms with Crippen molar-refractivity contribution in [3.8, 4) is 17.2 Å². The Balaban J connectivity index is 1.54. The lowest BCUT2D eigenvalue weighted by Gasteiger charge is -2.08. The zero-order chi connectivity index (χ0) is 22.0. The number of nitrogens with zero attached hydrogens (tertiary/aromatic N) is 1. The molecule has 0 saturated heterocycles. The first-order chi connectivity index (χ1) is 14.9. The molecule has 1 aromatic heterocycles. The molecule has 0 saturated carbocycles. The average Bonchev–Trinajstić information content (AvgIpc) is 3.15. The molecule has 5 nitrogen and oxygen atoms in total. The monoisotopic (exact) mass is 452 g/mol. The van der Waals surface area contributed by atoms with E-state index in [1.165, 1.54) is 13.2 Å². The number of fused-ring (bicyclic) bond motifs is 1. The van der Waals surface area contributed by atoms with Gasteiger partial charge in [0, 0.05) is 27.9 Å². The zero-order valence-corrected chi connectivity index (χ0v) is 18.3. The van der Waals surface area contributed by atoms with E-state index in [9.17, 15) is 4.79 Å². The van der Waals surface area contributed by atoms with Gasteiger partial charge in [0.25, 0.3) is 0 Å². The van der Waals surface area contributed by atoms with Gasteiger partial charge in [-0.15, -0.1) is 0 Å². The second-order valence-corrected chi connectivity index (χ2v) is 7.75. The van der Waals surface area contributed by atoms with Crippen molar-refractivity contribution in [2.24, 2.45) is 0 Å². The Hall–Kier alpha value is -3.28. The summed E-state index contributed by atoms with van der Waals surface area (Å²) < 4.78 is 11.2. The smallest absolute Gasteiger partial charge is 0.248 e. The summed E-state index contributed by atoms with van der Waals surface area (Å²) in [5, 5.41) is 3.65. The van der Waals surface area contributed by atoms with E-state index in [-0.39, 0.29) is 5.91 Å². The first-order valence-corrected chi connectivity index (χ1v) is 10.2. The normalized spacial score (nSPS) is 11.2. The molecule has 0 fully saturated rings. The van der Waals surface area contributed by atoms with Crippen molar-refractivity contribution in [3.05, 3.63) is 81.8 Å². The number of amides is 1. The number of rotatable bonds is 5. The first kappa shape index (κ1) is 21.0. The number of halogens is 2. The van der Waals surface area contributed by atoms with Crippen LogP contribution in [0.5, 0.6) is 5.75 Å². The fourth-order valence-electron chi connectivity index (χ4n) is 3.15. The molecule has 31 heavy (non-hydrogen) atoms. The Kier molecular flexibility index (Phi) is 5.98. The van der Waals surface area contributed by atoms with Gasteiger partial charge in [0.2, 0.25) is 11.8 Å². The van der Waals surface area contributed by atoms with Gasteiger partial charge in [-0.05, 0) is 61.0 Å². The van der Waals surface area contributed by atoms with Gasteiger partial charge in [0.1, 0.15) is 11.3 Å². The lowest BCUT2D eigenvalue weighted by molar-refractivity contribution is -0.111. The van der Waals surface area contributed by atoms with Crippen LogP contribution in [-0.4, -0.2) is 18.0 Å². The van der Waals surface area contributed by atoms with E-state index in [1.807, 2.05) is 37.3 Å². The van der Waals surface area contributed by atoms with E-state index < -0.39 is 0 Å². The molecule has 1 amide bonds. The highest BCUT2D eigenvalue weighted by molar-refractivity contribution is 6.36. The van der Waals surface area contributed by atoms with Crippen molar-refractivity contribution in [2.45, 2.75) is 6.92 Å². The summed E-state index contributed by atoms with van der Waals surface area (Å²) in [5.41, 5.74) is 4.58. The van der Waals surface area contributed by atoms with Gasteiger partial charge in [-0.3, -0.25) is 4.79 Å². The summed E-state index contributed by atoms with van der Waals surface area (Å²) in [7, 11) is 1.51. The maximum Gasteiger partial charge on any atom is 0.248 e. The molecular formula is C24H18Cl2N2O3. The fraction of sp³-hybridized carbons (Fsp3) is 0.0833. The average molecular weight is 453 g/mol. The van der Waals surface area contributed by atoms with Crippen LogP contribution < -0.4 is 10.1 Å². The molecule has 0 aliphatic heterocycles. The van der Waals surface area contributed by atoms with Crippen LogP contribution in [0.15, 0.2) is 65.1 Å². The topological polar surface area (TPSA) is 64.4 Å². The van der Waals surface area contributed by atoms with Crippen LogP contribution in [-0.2, 0) is 4.79 Å². The summed E-state index contributed by atoms with van der Waals surface area (Å²) in [4.78, 5) is 17.0. The minimum Gasteiger partial charge on any atom is -0.495 e. The van der Waals surface area contributed by atoms with Crippen LogP contribution in [0.4, 0.5) is 5.69 Å². The Labute approximate surface area is 189 Å². The predicted molar refractivity (Wildman–Crippen MR) is 125 cm³/mol. The van der Waals surface area contributed by atoms with Crippen molar-refractivity contribution < 1.29 is 13.9 Å². The third-order valence-electron chi connectivity index (χ3n) is 4.58. The standard InChI is InChI=1S/C24H18Cl2N2O3/c1-14-6-8-20-21(10-14)31-24(28-20)16-4-3-5-18(12-16)27-22(29)9-7-15-11-17(25)13-19(26)23(15)30-2/h3-13H,1-2H3,(H,27,29). The van der Waals surface area contributed by atoms with E-state index >= 15 is 0 Å². The Morgan fingerprint density at radius 2 is 1.97 bits per heavy atom. The van der Waals surface area contributed by atoms with Gasteiger partial charge in [-0.25, -0.2) is 4.98 Å². The van der Waals surface area contributed by atoms with Crippen LogP contribution in [0.1, 0.15) is 11.1 Å². The summed E-state index contributed by atoms with van der Waals surface area (Å²) in [6, 6.07) is 16.4. The number of carbonyl (C=O) groups excluding carboxylic acids is 1. The number of benzene rings is 3. The summed E-state index contributed by atoms with van der Waals surface area (Å²) >= 11 is 12.2. The number of nitrogens with one attached hydrogen (secondary N) is 1. The molecular weight excluding hydrogens is 435 g/mol. The quantitative estimate of drug-likeness (QED) is 0.339. The lowest BCUT2D eigenvalue weighted by atomic mass is 10.1. The van der Waals surface area contributed by atoms with Gasteiger partial charge in [-0.2, -0.15) is 0 Å². The Bertz CT molecular complexity index is 1310. The second-order valence-electron chi connectivity index (χ2n) is 6.90. The maximum atomic E-state index is 12.4. The van der Waals surface area contributed by atoms with Gasteiger partial charge < -0.3 is 14.5 Å². The maximum absolute atomic E-state index is 12.4. The molecule has 1 N–H and O–H groups in total. The molecule has 4 rings (SSSR count). The minimum absolute atomic E-state index is 0.316. The summed E-state index contributed by atoms with van der Waals surface area (Å²) in [5.74, 6) is 0.623. The number of aromatic nitrogens is 1. The minimum atomic E-state index is -0.316. The highest BCUT2D eigenvalue weighted by Crippen LogP contribution is 2.33. The number of hydrogen-bond donors (Lipinski definition) is 1. The lowest BCUT2D eigenvalue weighted by Crippen LogP contribution is -2.07. The molecule has 156 valence electrons. The van der Waals surface area contributed by atoms with Crippen LogP contribution in [0.2, 0.25) is 10.0 Å². The molecule has 0 aliphatic carbocycles. The van der Waals surface area contributed by atoms with Crippen molar-refractivity contribution in [1.29, 1.82) is 0 Å². The molecule has 0 bridgehead atoms. The van der Waals surface area contributed by atoms with Gasteiger partial charge in [0.15, 0.2) is 5.58 Å². The van der Waals surface area contributed by atoms with Crippen molar-refractivity contribution in [2.75, 3.05) is 12.4 Å². The fourth-order valence-corrected chi connectivity index (χ4v) is 3.74. The van der Waals surface area contributed by atoms with Crippen LogP contribution in [0, 0.1) is 6.92 Å². The van der Waals surface area contributed by atoms with Crippen molar-refractivity contribution in [3.63, 3.8) is 0 Å². The number of carbonyl (C=O) groups is 1. The number of oxazole rings is 1. The molecule has 0 aliphatic rings. The number of anilines is 1. The summed E-state index contributed by atoms with van der Waals surface area (Å²) in [6.45, 7) is 2.00. The summed E-state index contributed by atoms with van der Waals surface area (Å²) in [6.07, 6.45) is 2.98. The molecule has 0 unspecified atom stereocenters. The molecule has 0 spiro atoms. The van der Waals surface area contributed by atoms with Crippen molar-refractivity contribution in [1.82, 2.24) is 4.98 Å². The third-order valence-corrected chi connectivity index (χ3v) is 5.08. The van der Waals surface area contributed by atoms with Gasteiger partial charge >= 0.3 is 0 Å². The largest absolute Gasteiger partial charge is 0.495 e. The number of methoxy groups -OCH3 is 1. The second kappa shape index (κ2) is 8.84. The predicted octanol–water partition coefficient (Wildman–Crippen LogP) is 6.77. The molecule has 4 aromatic rings. The highest BCUT2D eigenvalue weighted by Gasteiger charge is 2.10. The van der Waals surface area contributed by atoms with E-state index in [0.29, 0.717) is 32.9 Å². The molecule has 7 heteroatoms. The van der Waals surface area contributed by atoms with E-state index in [2.05, 4.69) is 10.3 Å². The van der Waals surface area contributed by atoms with Crippen LogP contribution in [0.3, 0.4) is 0 Å². The number of hydrogen-bond acceptors (Lipinski definition) is 4. The van der Waals surface area contributed by atoms with Gasteiger partial charge in [0.05, 0.1) is 12.1 Å².